The lowest BCUT2D eigenvalue weighted by atomic mass is 10.1. The summed E-state index contributed by atoms with van der Waals surface area (Å²) in [6, 6.07) is 13.6. The van der Waals surface area contributed by atoms with Crippen molar-refractivity contribution in [2.45, 2.75) is 31.3 Å². The van der Waals surface area contributed by atoms with E-state index in [1.807, 2.05) is 6.92 Å². The van der Waals surface area contributed by atoms with Crippen LogP contribution in [0, 0.1) is 0 Å². The third-order valence-corrected chi connectivity index (χ3v) is 4.68. The Morgan fingerprint density at radius 2 is 1.71 bits per heavy atom. The van der Waals surface area contributed by atoms with E-state index < -0.39 is 16.1 Å². The quantitative estimate of drug-likeness (QED) is 0.892. The van der Waals surface area contributed by atoms with Crippen molar-refractivity contribution in [1.82, 2.24) is 0 Å². The van der Waals surface area contributed by atoms with E-state index in [0.29, 0.717) is 11.3 Å². The van der Waals surface area contributed by atoms with Crippen molar-refractivity contribution in [3.8, 4) is 0 Å². The molecule has 1 unspecified atom stereocenters. The van der Waals surface area contributed by atoms with E-state index in [2.05, 4.69) is 4.72 Å². The smallest absolute Gasteiger partial charge is 0.261 e. The molecule has 2 aromatic rings. The summed E-state index contributed by atoms with van der Waals surface area (Å²) in [5, 5.41) is 9.71. The average molecular weight is 305 g/mol. The first-order valence-electron chi connectivity index (χ1n) is 6.83. The van der Waals surface area contributed by atoms with Gasteiger partial charge in [-0.25, -0.2) is 8.42 Å². The second-order valence-corrected chi connectivity index (χ2v) is 6.55. The van der Waals surface area contributed by atoms with Crippen molar-refractivity contribution in [1.29, 1.82) is 0 Å². The standard InChI is InChI=1S/C16H19NO3S/c1-3-13-8-10-14(11-9-13)21(19,20)17-16-7-5-4-6-15(16)12(2)18/h4-12,17-18H,3H2,1-2H3. The van der Waals surface area contributed by atoms with Crippen LogP contribution in [0.25, 0.3) is 0 Å². The summed E-state index contributed by atoms with van der Waals surface area (Å²) >= 11 is 0. The molecule has 1 atom stereocenters. The lowest BCUT2D eigenvalue weighted by Crippen LogP contribution is -2.14. The van der Waals surface area contributed by atoms with Crippen molar-refractivity contribution >= 4 is 15.7 Å². The number of para-hydroxylation sites is 1. The molecule has 0 saturated heterocycles. The first-order chi connectivity index (χ1) is 9.94. The molecule has 2 N–H and O–H groups in total. The van der Waals surface area contributed by atoms with Crippen LogP contribution in [0.3, 0.4) is 0 Å². The molecular formula is C16H19NO3S. The molecule has 2 rings (SSSR count). The van der Waals surface area contributed by atoms with E-state index >= 15 is 0 Å². The van der Waals surface area contributed by atoms with Crippen molar-refractivity contribution in [3.05, 3.63) is 59.7 Å². The Labute approximate surface area is 125 Å². The molecule has 4 nitrogen and oxygen atoms in total. The predicted octanol–water partition coefficient (Wildman–Crippen LogP) is 3.10. The lowest BCUT2D eigenvalue weighted by molar-refractivity contribution is 0.200. The van der Waals surface area contributed by atoms with Crippen LogP contribution in [0.15, 0.2) is 53.4 Å². The number of benzene rings is 2. The first-order valence-corrected chi connectivity index (χ1v) is 8.31. The number of hydrogen-bond donors (Lipinski definition) is 2. The Balaban J connectivity index is 2.33. The molecule has 0 heterocycles. The summed E-state index contributed by atoms with van der Waals surface area (Å²) in [6.07, 6.45) is 0.116. The average Bonchev–Trinajstić information content (AvgIpc) is 2.47. The highest BCUT2D eigenvalue weighted by atomic mass is 32.2. The molecule has 0 amide bonds. The zero-order valence-electron chi connectivity index (χ0n) is 12.1. The van der Waals surface area contributed by atoms with Crippen LogP contribution in [0.2, 0.25) is 0 Å². The summed E-state index contributed by atoms with van der Waals surface area (Å²) in [7, 11) is -3.66. The normalized spacial score (nSPS) is 12.9. The Morgan fingerprint density at radius 3 is 2.29 bits per heavy atom. The molecule has 0 aliphatic rings. The van der Waals surface area contributed by atoms with Crippen LogP contribution in [0.4, 0.5) is 5.69 Å². The minimum absolute atomic E-state index is 0.208. The summed E-state index contributed by atoms with van der Waals surface area (Å²) in [4.78, 5) is 0.208. The van der Waals surface area contributed by atoms with Gasteiger partial charge in [-0.2, -0.15) is 0 Å². The number of rotatable bonds is 5. The van der Waals surface area contributed by atoms with Crippen molar-refractivity contribution in [2.75, 3.05) is 4.72 Å². The second-order valence-electron chi connectivity index (χ2n) is 4.87. The molecule has 0 radical (unpaired) electrons. The topological polar surface area (TPSA) is 66.4 Å². The molecule has 0 aromatic heterocycles. The van der Waals surface area contributed by atoms with E-state index in [1.54, 1.807) is 55.5 Å². The van der Waals surface area contributed by atoms with Gasteiger partial charge in [0, 0.05) is 5.56 Å². The van der Waals surface area contributed by atoms with E-state index in [9.17, 15) is 13.5 Å². The summed E-state index contributed by atoms with van der Waals surface area (Å²) < 4.78 is 27.3. The number of nitrogens with one attached hydrogen (secondary N) is 1. The van der Waals surface area contributed by atoms with Crippen molar-refractivity contribution in [2.24, 2.45) is 0 Å². The van der Waals surface area contributed by atoms with Crippen LogP contribution in [-0.4, -0.2) is 13.5 Å². The Hall–Kier alpha value is -1.85. The number of aliphatic hydroxyl groups excluding tert-OH is 1. The van der Waals surface area contributed by atoms with Gasteiger partial charge in [0.1, 0.15) is 0 Å². The third-order valence-electron chi connectivity index (χ3n) is 3.30. The van der Waals surface area contributed by atoms with E-state index in [1.165, 1.54) is 0 Å². The molecule has 112 valence electrons. The third kappa shape index (κ3) is 3.62. The molecule has 0 aliphatic carbocycles. The second kappa shape index (κ2) is 6.28. The molecule has 2 aromatic carbocycles. The van der Waals surface area contributed by atoms with Gasteiger partial charge >= 0.3 is 0 Å². The number of hydrogen-bond acceptors (Lipinski definition) is 3. The lowest BCUT2D eigenvalue weighted by Gasteiger charge is -2.14. The predicted molar refractivity (Wildman–Crippen MR) is 83.7 cm³/mol. The maximum Gasteiger partial charge on any atom is 0.261 e. The molecule has 0 bridgehead atoms. The molecule has 0 aliphatic heterocycles. The van der Waals surface area contributed by atoms with E-state index in [0.717, 1.165) is 12.0 Å². The first kappa shape index (κ1) is 15.5. The van der Waals surface area contributed by atoms with Crippen LogP contribution in [0.5, 0.6) is 0 Å². The highest BCUT2D eigenvalue weighted by Gasteiger charge is 2.17. The van der Waals surface area contributed by atoms with Gasteiger partial charge in [-0.05, 0) is 37.1 Å². The highest BCUT2D eigenvalue weighted by molar-refractivity contribution is 7.92. The van der Waals surface area contributed by atoms with E-state index in [-0.39, 0.29) is 4.90 Å². The highest BCUT2D eigenvalue weighted by Crippen LogP contribution is 2.25. The molecule has 5 heteroatoms. The van der Waals surface area contributed by atoms with Gasteiger partial charge in [-0.15, -0.1) is 0 Å². The monoisotopic (exact) mass is 305 g/mol. The van der Waals surface area contributed by atoms with Gasteiger partial charge in [-0.1, -0.05) is 37.3 Å². The fourth-order valence-corrected chi connectivity index (χ4v) is 3.15. The van der Waals surface area contributed by atoms with Crippen LogP contribution >= 0.6 is 0 Å². The Morgan fingerprint density at radius 1 is 1.10 bits per heavy atom. The zero-order valence-corrected chi connectivity index (χ0v) is 12.9. The van der Waals surface area contributed by atoms with Crippen LogP contribution in [-0.2, 0) is 16.4 Å². The van der Waals surface area contributed by atoms with Crippen molar-refractivity contribution in [3.63, 3.8) is 0 Å². The molecule has 0 saturated carbocycles. The van der Waals surface area contributed by atoms with Gasteiger partial charge in [0.25, 0.3) is 10.0 Å². The van der Waals surface area contributed by atoms with Crippen molar-refractivity contribution < 1.29 is 13.5 Å². The maximum atomic E-state index is 12.4. The van der Waals surface area contributed by atoms with Gasteiger partial charge in [0.15, 0.2) is 0 Å². The molecule has 0 spiro atoms. The fraction of sp³-hybridized carbons (Fsp3) is 0.250. The molecule has 0 fully saturated rings. The Bertz CT molecular complexity index is 707. The maximum absolute atomic E-state index is 12.4. The van der Waals surface area contributed by atoms with Gasteiger partial charge in [-0.3, -0.25) is 4.72 Å². The number of sulfonamides is 1. The number of anilines is 1. The van der Waals surface area contributed by atoms with E-state index in [4.69, 9.17) is 0 Å². The largest absolute Gasteiger partial charge is 0.389 e. The molecule has 21 heavy (non-hydrogen) atoms. The van der Waals surface area contributed by atoms with Gasteiger partial charge in [0.2, 0.25) is 0 Å². The van der Waals surface area contributed by atoms with Crippen LogP contribution in [0.1, 0.15) is 31.1 Å². The zero-order chi connectivity index (χ0) is 15.5. The summed E-state index contributed by atoms with van der Waals surface area (Å²) in [5.41, 5.74) is 2.02. The van der Waals surface area contributed by atoms with Gasteiger partial charge < -0.3 is 5.11 Å². The summed E-state index contributed by atoms with van der Waals surface area (Å²) in [5.74, 6) is 0. The minimum atomic E-state index is -3.66. The molecular weight excluding hydrogens is 286 g/mol. The minimum Gasteiger partial charge on any atom is -0.389 e. The Kier molecular flexibility index (Phi) is 4.65. The summed E-state index contributed by atoms with van der Waals surface area (Å²) in [6.45, 7) is 3.61. The fourth-order valence-electron chi connectivity index (χ4n) is 2.06. The van der Waals surface area contributed by atoms with Gasteiger partial charge in [0.05, 0.1) is 16.7 Å². The number of aryl methyl sites for hydroxylation is 1. The SMILES string of the molecule is CCc1ccc(S(=O)(=O)Nc2ccccc2C(C)O)cc1. The van der Waals surface area contributed by atoms with Crippen LogP contribution < -0.4 is 4.72 Å². The number of aliphatic hydroxyl groups is 1.